The van der Waals surface area contributed by atoms with Gasteiger partial charge in [0.05, 0.1) is 0 Å². The minimum absolute atomic E-state index is 0.0652. The van der Waals surface area contributed by atoms with Gasteiger partial charge in [0.25, 0.3) is 0 Å². The molecule has 0 aromatic carbocycles. The largest absolute Gasteiger partial charge is 0.462 e. The first-order chi connectivity index (χ1) is 27.3. The molecule has 0 amide bonds. The van der Waals surface area contributed by atoms with Crippen LogP contribution in [0, 0.1) is 11.8 Å². The zero-order valence-corrected chi connectivity index (χ0v) is 38.3. The predicted octanol–water partition coefficient (Wildman–Crippen LogP) is 15.8. The first-order valence-electron chi connectivity index (χ1n) is 24.8. The van der Waals surface area contributed by atoms with Gasteiger partial charge >= 0.3 is 17.9 Å². The fraction of sp³-hybridized carbons (Fsp3) is 0.940. The zero-order chi connectivity index (χ0) is 41.2. The van der Waals surface area contributed by atoms with Crippen molar-refractivity contribution < 1.29 is 28.6 Å². The van der Waals surface area contributed by atoms with Gasteiger partial charge < -0.3 is 14.2 Å². The maximum absolute atomic E-state index is 12.8. The van der Waals surface area contributed by atoms with Crippen LogP contribution in [-0.4, -0.2) is 37.2 Å². The van der Waals surface area contributed by atoms with Crippen molar-refractivity contribution >= 4 is 17.9 Å². The second-order valence-corrected chi connectivity index (χ2v) is 17.8. The molecule has 6 heteroatoms. The summed E-state index contributed by atoms with van der Waals surface area (Å²) in [6.07, 6.45) is 42.3. The molecule has 0 rings (SSSR count). The molecule has 0 heterocycles. The molecule has 1 unspecified atom stereocenters. The lowest BCUT2D eigenvalue weighted by molar-refractivity contribution is -0.167. The normalized spacial score (nSPS) is 12.5. The summed E-state index contributed by atoms with van der Waals surface area (Å²) < 4.78 is 16.8. The SMILES string of the molecule is CCCCCCCCCCCCCCCCCCC(=O)O[C@@H](COC(=O)CCCCCCCCCCCC(C)C)COC(=O)CCCCCCCCC(C)CC. The first kappa shape index (κ1) is 54.4. The summed E-state index contributed by atoms with van der Waals surface area (Å²) >= 11 is 0. The fourth-order valence-corrected chi connectivity index (χ4v) is 7.43. The van der Waals surface area contributed by atoms with Crippen LogP contribution in [0.2, 0.25) is 0 Å². The third-order valence-electron chi connectivity index (χ3n) is 11.6. The number of ether oxygens (including phenoxy) is 3. The van der Waals surface area contributed by atoms with Crippen molar-refractivity contribution in [2.75, 3.05) is 13.2 Å². The summed E-state index contributed by atoms with van der Waals surface area (Å²) in [5.74, 6) is 0.767. The molecule has 0 spiro atoms. The van der Waals surface area contributed by atoms with E-state index in [2.05, 4.69) is 34.6 Å². The van der Waals surface area contributed by atoms with Gasteiger partial charge in [0, 0.05) is 19.3 Å². The molecule has 0 saturated carbocycles. The van der Waals surface area contributed by atoms with E-state index in [1.54, 1.807) is 0 Å². The first-order valence-corrected chi connectivity index (χ1v) is 24.8. The van der Waals surface area contributed by atoms with Gasteiger partial charge in [-0.15, -0.1) is 0 Å². The summed E-state index contributed by atoms with van der Waals surface area (Å²) in [6, 6.07) is 0. The average molecular weight is 793 g/mol. The molecule has 0 fully saturated rings. The Morgan fingerprint density at radius 3 is 1.02 bits per heavy atom. The van der Waals surface area contributed by atoms with E-state index in [-0.39, 0.29) is 31.1 Å². The molecular formula is C50H96O6. The topological polar surface area (TPSA) is 78.9 Å². The van der Waals surface area contributed by atoms with Gasteiger partial charge in [0.15, 0.2) is 6.10 Å². The Morgan fingerprint density at radius 1 is 0.375 bits per heavy atom. The molecule has 0 bridgehead atoms. The van der Waals surface area contributed by atoms with E-state index in [1.807, 2.05) is 0 Å². The Morgan fingerprint density at radius 2 is 0.679 bits per heavy atom. The summed E-state index contributed by atoms with van der Waals surface area (Å²) in [7, 11) is 0. The monoisotopic (exact) mass is 793 g/mol. The number of carbonyl (C=O) groups is 3. The lowest BCUT2D eigenvalue weighted by atomic mass is 10.00. The van der Waals surface area contributed by atoms with Gasteiger partial charge in [-0.25, -0.2) is 0 Å². The second-order valence-electron chi connectivity index (χ2n) is 17.8. The standard InChI is InChI=1S/C50H96O6/c1-6-8-9-10-11-12-13-14-15-16-17-18-21-25-32-37-42-50(53)56-47(44-55-49(52)41-36-31-27-26-29-34-39-46(5)7-2)43-54-48(51)40-35-30-24-22-19-20-23-28-33-38-45(3)4/h45-47H,6-44H2,1-5H3/t46?,47-/m0/s1. The molecule has 332 valence electrons. The molecule has 0 saturated heterocycles. The van der Waals surface area contributed by atoms with E-state index >= 15 is 0 Å². The summed E-state index contributed by atoms with van der Waals surface area (Å²) in [6.45, 7) is 11.3. The zero-order valence-electron chi connectivity index (χ0n) is 38.3. The number of unbranched alkanes of at least 4 members (excludes halogenated alkanes) is 28. The molecule has 0 aromatic rings. The minimum Gasteiger partial charge on any atom is -0.462 e. The van der Waals surface area contributed by atoms with E-state index in [1.165, 1.54) is 161 Å². The van der Waals surface area contributed by atoms with Gasteiger partial charge in [-0.05, 0) is 31.1 Å². The summed E-state index contributed by atoms with van der Waals surface area (Å²) in [5.41, 5.74) is 0. The Hall–Kier alpha value is -1.59. The van der Waals surface area contributed by atoms with Gasteiger partial charge in [-0.1, -0.05) is 234 Å². The summed E-state index contributed by atoms with van der Waals surface area (Å²) in [5, 5.41) is 0. The molecule has 0 aromatic heterocycles. The number of hydrogen-bond acceptors (Lipinski definition) is 6. The third-order valence-corrected chi connectivity index (χ3v) is 11.6. The van der Waals surface area contributed by atoms with Crippen molar-refractivity contribution in [2.24, 2.45) is 11.8 Å². The maximum atomic E-state index is 12.8. The Kier molecular flexibility index (Phi) is 41.8. The Labute approximate surface area is 348 Å². The van der Waals surface area contributed by atoms with E-state index in [9.17, 15) is 14.4 Å². The van der Waals surface area contributed by atoms with Crippen LogP contribution in [-0.2, 0) is 28.6 Å². The minimum atomic E-state index is -0.762. The van der Waals surface area contributed by atoms with Crippen LogP contribution in [0.4, 0.5) is 0 Å². The van der Waals surface area contributed by atoms with E-state index in [4.69, 9.17) is 14.2 Å². The molecule has 56 heavy (non-hydrogen) atoms. The van der Waals surface area contributed by atoms with Crippen LogP contribution >= 0.6 is 0 Å². The average Bonchev–Trinajstić information content (AvgIpc) is 3.18. The van der Waals surface area contributed by atoms with Gasteiger partial charge in [-0.2, -0.15) is 0 Å². The third kappa shape index (κ3) is 42.0. The number of hydrogen-bond donors (Lipinski definition) is 0. The van der Waals surface area contributed by atoms with E-state index in [0.29, 0.717) is 19.3 Å². The van der Waals surface area contributed by atoms with Crippen LogP contribution in [0.1, 0.15) is 272 Å². The van der Waals surface area contributed by atoms with Crippen molar-refractivity contribution in [2.45, 2.75) is 278 Å². The Balaban J connectivity index is 4.31. The molecule has 0 aliphatic rings. The lowest BCUT2D eigenvalue weighted by Gasteiger charge is -2.18. The van der Waals surface area contributed by atoms with E-state index in [0.717, 1.165) is 69.6 Å². The quantitative estimate of drug-likeness (QED) is 0.0347. The van der Waals surface area contributed by atoms with Crippen molar-refractivity contribution in [1.82, 2.24) is 0 Å². The van der Waals surface area contributed by atoms with Crippen LogP contribution < -0.4 is 0 Å². The molecule has 2 atom stereocenters. The number of rotatable bonds is 44. The van der Waals surface area contributed by atoms with Crippen LogP contribution in [0.25, 0.3) is 0 Å². The smallest absolute Gasteiger partial charge is 0.306 e. The van der Waals surface area contributed by atoms with Gasteiger partial charge in [-0.3, -0.25) is 14.4 Å². The van der Waals surface area contributed by atoms with Crippen molar-refractivity contribution in [3.63, 3.8) is 0 Å². The molecule has 0 aliphatic carbocycles. The molecular weight excluding hydrogens is 697 g/mol. The van der Waals surface area contributed by atoms with Crippen LogP contribution in [0.15, 0.2) is 0 Å². The summed E-state index contributed by atoms with van der Waals surface area (Å²) in [4.78, 5) is 37.8. The van der Waals surface area contributed by atoms with Crippen LogP contribution in [0.5, 0.6) is 0 Å². The molecule has 0 radical (unpaired) electrons. The molecule has 0 N–H and O–H groups in total. The maximum Gasteiger partial charge on any atom is 0.306 e. The number of esters is 3. The van der Waals surface area contributed by atoms with Crippen LogP contribution in [0.3, 0.4) is 0 Å². The highest BCUT2D eigenvalue weighted by Gasteiger charge is 2.19. The fourth-order valence-electron chi connectivity index (χ4n) is 7.43. The lowest BCUT2D eigenvalue weighted by Crippen LogP contribution is -2.30. The second kappa shape index (κ2) is 43.0. The molecule has 0 aliphatic heterocycles. The van der Waals surface area contributed by atoms with Crippen molar-refractivity contribution in [3.8, 4) is 0 Å². The Bertz CT molecular complexity index is 856. The molecule has 6 nitrogen and oxygen atoms in total. The van der Waals surface area contributed by atoms with Gasteiger partial charge in [0.1, 0.15) is 13.2 Å². The highest BCUT2D eigenvalue weighted by Crippen LogP contribution is 2.17. The van der Waals surface area contributed by atoms with Crippen molar-refractivity contribution in [1.29, 1.82) is 0 Å². The number of carbonyl (C=O) groups excluding carboxylic acids is 3. The van der Waals surface area contributed by atoms with E-state index < -0.39 is 6.10 Å². The highest BCUT2D eigenvalue weighted by atomic mass is 16.6. The predicted molar refractivity (Wildman–Crippen MR) is 238 cm³/mol. The van der Waals surface area contributed by atoms with Crippen molar-refractivity contribution in [3.05, 3.63) is 0 Å². The van der Waals surface area contributed by atoms with Gasteiger partial charge in [0.2, 0.25) is 0 Å². The highest BCUT2D eigenvalue weighted by molar-refractivity contribution is 5.71.